The fraction of sp³-hybridized carbons (Fsp3) is 0. The number of halogens is 2. The Labute approximate surface area is 72.2 Å². The highest BCUT2D eigenvalue weighted by atomic mass is 19.1. The molecule has 0 heterocycles. The molecule has 0 fully saturated rings. The topological polar surface area (TPSA) is 53.3 Å². The highest BCUT2D eigenvalue weighted by molar-refractivity contribution is 5.99. The molecule has 1 radical (unpaired) electrons. The van der Waals surface area contributed by atoms with Gasteiger partial charge in [0, 0.05) is 0 Å². The molecule has 1 rings (SSSR count). The lowest BCUT2D eigenvalue weighted by molar-refractivity contribution is 0.565. The summed E-state index contributed by atoms with van der Waals surface area (Å²) in [4.78, 5) is 12.6. The van der Waals surface area contributed by atoms with E-state index in [4.69, 9.17) is 5.41 Å². The highest BCUT2D eigenvalue weighted by Gasteiger charge is 2.08. The van der Waals surface area contributed by atoms with Crippen molar-refractivity contribution in [3.63, 3.8) is 0 Å². The summed E-state index contributed by atoms with van der Waals surface area (Å²) in [6.07, 6.45) is 1.08. The van der Waals surface area contributed by atoms with Gasteiger partial charge in [-0.25, -0.2) is 13.6 Å². The summed E-state index contributed by atoms with van der Waals surface area (Å²) < 4.78 is 25.1. The van der Waals surface area contributed by atoms with Crippen LogP contribution in [-0.2, 0) is 4.79 Å². The van der Waals surface area contributed by atoms with Crippen molar-refractivity contribution in [2.75, 3.05) is 0 Å². The molecular formula is C8H3F2N2O. The molecule has 13 heavy (non-hydrogen) atoms. The van der Waals surface area contributed by atoms with Crippen molar-refractivity contribution in [1.82, 2.24) is 0 Å². The molecule has 0 aliphatic heterocycles. The zero-order valence-electron chi connectivity index (χ0n) is 6.27. The van der Waals surface area contributed by atoms with Crippen LogP contribution in [0.3, 0.4) is 0 Å². The SMILES string of the molecule is N=C(N=C=O)c1ccc(F)[c]c1F. The van der Waals surface area contributed by atoms with Crippen LogP contribution in [0.5, 0.6) is 0 Å². The minimum Gasteiger partial charge on any atom is -0.282 e. The maximum Gasteiger partial charge on any atom is 0.242 e. The number of hydrogen-bond acceptors (Lipinski definition) is 2. The van der Waals surface area contributed by atoms with Crippen LogP contribution in [0.15, 0.2) is 17.1 Å². The zero-order chi connectivity index (χ0) is 9.84. The Morgan fingerprint density at radius 3 is 2.77 bits per heavy atom. The molecule has 0 aromatic heterocycles. The molecule has 0 spiro atoms. The van der Waals surface area contributed by atoms with E-state index in [1.807, 2.05) is 0 Å². The van der Waals surface area contributed by atoms with Crippen molar-refractivity contribution < 1.29 is 13.6 Å². The van der Waals surface area contributed by atoms with Gasteiger partial charge < -0.3 is 0 Å². The normalized spacial score (nSPS) is 9.08. The number of nitrogens with one attached hydrogen (secondary N) is 1. The summed E-state index contributed by atoms with van der Waals surface area (Å²) in [6.45, 7) is 0. The van der Waals surface area contributed by atoms with Gasteiger partial charge in [0.05, 0.1) is 11.6 Å². The van der Waals surface area contributed by atoms with Crippen LogP contribution in [-0.4, -0.2) is 11.9 Å². The molecule has 0 unspecified atom stereocenters. The van der Waals surface area contributed by atoms with Gasteiger partial charge in [-0.2, -0.15) is 0 Å². The Balaban J connectivity index is 3.16. The average Bonchev–Trinajstić information content (AvgIpc) is 2.04. The molecule has 65 valence electrons. The number of aliphatic imine (C=N–C) groups is 1. The number of hydrogen-bond donors (Lipinski definition) is 1. The number of amidine groups is 1. The fourth-order valence-corrected chi connectivity index (χ4v) is 0.732. The van der Waals surface area contributed by atoms with E-state index in [0.717, 1.165) is 18.2 Å². The Hall–Kier alpha value is -1.87. The van der Waals surface area contributed by atoms with E-state index in [1.54, 1.807) is 6.07 Å². The third kappa shape index (κ3) is 2.04. The number of benzene rings is 1. The summed E-state index contributed by atoms with van der Waals surface area (Å²) in [5.41, 5.74) is -0.287. The molecular weight excluding hydrogens is 178 g/mol. The molecule has 0 saturated heterocycles. The number of nitrogens with zero attached hydrogens (tertiary/aromatic N) is 1. The zero-order valence-corrected chi connectivity index (χ0v) is 6.27. The van der Waals surface area contributed by atoms with Crippen LogP contribution < -0.4 is 0 Å². The van der Waals surface area contributed by atoms with E-state index >= 15 is 0 Å². The second-order valence-corrected chi connectivity index (χ2v) is 2.09. The third-order valence-electron chi connectivity index (χ3n) is 1.27. The first kappa shape index (κ1) is 9.22. The molecule has 1 aromatic rings. The summed E-state index contributed by atoms with van der Waals surface area (Å²) in [7, 11) is 0. The molecule has 0 aliphatic carbocycles. The minimum atomic E-state index is -1.05. The van der Waals surface area contributed by atoms with E-state index < -0.39 is 17.5 Å². The Morgan fingerprint density at radius 2 is 2.23 bits per heavy atom. The Kier molecular flexibility index (Phi) is 2.62. The summed E-state index contributed by atoms with van der Waals surface area (Å²) in [6, 6.07) is 3.64. The molecule has 1 aromatic carbocycles. The van der Waals surface area contributed by atoms with Crippen LogP contribution >= 0.6 is 0 Å². The van der Waals surface area contributed by atoms with Crippen molar-refractivity contribution in [2.45, 2.75) is 0 Å². The van der Waals surface area contributed by atoms with Gasteiger partial charge in [0.15, 0.2) is 5.84 Å². The third-order valence-corrected chi connectivity index (χ3v) is 1.27. The molecule has 3 nitrogen and oxygen atoms in total. The van der Waals surface area contributed by atoms with Crippen molar-refractivity contribution in [2.24, 2.45) is 4.99 Å². The standard InChI is InChI=1S/C8H3F2N2O/c9-5-1-2-6(7(10)3-5)8(11)12-4-13/h1-2,11H. The largest absolute Gasteiger partial charge is 0.282 e. The van der Waals surface area contributed by atoms with E-state index in [-0.39, 0.29) is 5.56 Å². The molecule has 0 amide bonds. The average molecular weight is 181 g/mol. The van der Waals surface area contributed by atoms with Gasteiger partial charge in [-0.15, -0.1) is 4.99 Å². The van der Waals surface area contributed by atoms with Crippen molar-refractivity contribution in [3.8, 4) is 0 Å². The second kappa shape index (κ2) is 3.69. The highest BCUT2D eigenvalue weighted by Crippen LogP contribution is 2.09. The van der Waals surface area contributed by atoms with E-state index in [9.17, 15) is 13.6 Å². The van der Waals surface area contributed by atoms with Crippen LogP contribution in [0.4, 0.5) is 8.78 Å². The Bertz CT molecular complexity index is 397. The predicted octanol–water partition coefficient (Wildman–Crippen LogP) is 1.43. The van der Waals surface area contributed by atoms with Crippen LogP contribution in [0.25, 0.3) is 0 Å². The number of carbonyl (C=O) groups excluding carboxylic acids is 1. The summed E-state index contributed by atoms with van der Waals surface area (Å²) >= 11 is 0. The molecule has 0 aliphatic rings. The molecule has 5 heteroatoms. The summed E-state index contributed by atoms with van der Waals surface area (Å²) in [5.74, 6) is -2.53. The van der Waals surface area contributed by atoms with Gasteiger partial charge in [-0.1, -0.05) is 0 Å². The van der Waals surface area contributed by atoms with Gasteiger partial charge in [0.2, 0.25) is 6.08 Å². The van der Waals surface area contributed by atoms with Gasteiger partial charge in [-0.05, 0) is 12.1 Å². The van der Waals surface area contributed by atoms with E-state index in [2.05, 4.69) is 4.99 Å². The first-order chi connectivity index (χ1) is 6.15. The Morgan fingerprint density at radius 1 is 1.54 bits per heavy atom. The van der Waals surface area contributed by atoms with Crippen molar-refractivity contribution in [1.29, 1.82) is 5.41 Å². The second-order valence-electron chi connectivity index (χ2n) is 2.09. The maximum atomic E-state index is 12.8. The lowest BCUT2D eigenvalue weighted by Crippen LogP contribution is -1.99. The lowest BCUT2D eigenvalue weighted by Gasteiger charge is -1.97. The first-order valence-electron chi connectivity index (χ1n) is 3.19. The maximum absolute atomic E-state index is 12.8. The lowest BCUT2D eigenvalue weighted by atomic mass is 10.2. The van der Waals surface area contributed by atoms with Crippen molar-refractivity contribution in [3.05, 3.63) is 35.4 Å². The van der Waals surface area contributed by atoms with Gasteiger partial charge in [0.25, 0.3) is 0 Å². The molecule has 1 N–H and O–H groups in total. The molecule has 0 saturated carbocycles. The smallest absolute Gasteiger partial charge is 0.242 e. The molecule has 0 atom stereocenters. The molecule has 0 bridgehead atoms. The number of rotatable bonds is 1. The first-order valence-corrected chi connectivity index (χ1v) is 3.19. The van der Waals surface area contributed by atoms with Gasteiger partial charge in [-0.3, -0.25) is 5.41 Å². The van der Waals surface area contributed by atoms with E-state index in [0.29, 0.717) is 0 Å². The van der Waals surface area contributed by atoms with E-state index in [1.165, 1.54) is 0 Å². The van der Waals surface area contributed by atoms with Crippen molar-refractivity contribution >= 4 is 11.9 Å². The van der Waals surface area contributed by atoms with Gasteiger partial charge >= 0.3 is 0 Å². The van der Waals surface area contributed by atoms with Crippen LogP contribution in [0.1, 0.15) is 5.56 Å². The monoisotopic (exact) mass is 181 g/mol. The fourth-order valence-electron chi connectivity index (χ4n) is 0.732. The quantitative estimate of drug-likeness (QED) is 0.397. The predicted molar refractivity (Wildman–Crippen MR) is 40.1 cm³/mol. The van der Waals surface area contributed by atoms with Crippen LogP contribution in [0, 0.1) is 23.1 Å². The summed E-state index contributed by atoms with van der Waals surface area (Å²) in [5, 5.41) is 7.03. The van der Waals surface area contributed by atoms with Crippen LogP contribution in [0.2, 0.25) is 0 Å². The minimum absolute atomic E-state index is 0.287. The van der Waals surface area contributed by atoms with Gasteiger partial charge in [0.1, 0.15) is 11.6 Å². The number of isocyanates is 1.